The zero-order valence-corrected chi connectivity index (χ0v) is 27.4. The topological polar surface area (TPSA) is 0 Å². The standard InChI is InChI=1S/C36H47BNP.BrH/c1-27-33-25-29(36(33,3)4)26-34(27)37-35(28(2)38(37)23-15-8-16-24-38)39(30-17-9-5-10-18-30,31-19-11-6-12-20-31)32-21-13-7-14-22-32;/h5-7,9-14,17-22,27-29,33-35H,8,15-16,23-26H2,1-4H3;1H/q+1;/p-1/t27-,28+,29+,33-,34-,35+;/m1./s1. The van der Waals surface area contributed by atoms with Crippen LogP contribution < -0.4 is 32.9 Å². The van der Waals surface area contributed by atoms with Crippen molar-refractivity contribution in [2.45, 2.75) is 77.2 Å². The maximum Gasteiger partial charge on any atom is 0.186 e. The van der Waals surface area contributed by atoms with Gasteiger partial charge < -0.3 is 21.4 Å². The van der Waals surface area contributed by atoms with Gasteiger partial charge in [-0.1, -0.05) is 87.7 Å². The molecule has 1 spiro atoms. The van der Waals surface area contributed by atoms with Gasteiger partial charge in [-0.15, -0.1) is 5.82 Å². The fourth-order valence-electron chi connectivity index (χ4n) is 10.7. The van der Waals surface area contributed by atoms with E-state index in [0.717, 1.165) is 30.4 Å². The Morgan fingerprint density at radius 2 is 1.18 bits per heavy atom. The maximum absolute atomic E-state index is 2.67. The first-order chi connectivity index (χ1) is 18.9. The predicted octanol–water partition coefficient (Wildman–Crippen LogP) is 4.36. The first-order valence-electron chi connectivity index (χ1n) is 15.8. The molecule has 0 amide bonds. The number of nitrogens with zero attached hydrogens (tertiary/aromatic N) is 1. The van der Waals surface area contributed by atoms with Crippen LogP contribution in [0.2, 0.25) is 5.82 Å². The molecule has 2 saturated heterocycles. The highest BCUT2D eigenvalue weighted by Crippen LogP contribution is 2.72. The van der Waals surface area contributed by atoms with Crippen molar-refractivity contribution < 1.29 is 21.4 Å². The van der Waals surface area contributed by atoms with Crippen LogP contribution in [0.25, 0.3) is 0 Å². The van der Waals surface area contributed by atoms with Crippen molar-refractivity contribution in [2.24, 2.45) is 23.2 Å². The van der Waals surface area contributed by atoms with Crippen molar-refractivity contribution in [3.05, 3.63) is 91.0 Å². The molecular weight excluding hydrogens is 568 g/mol. The van der Waals surface area contributed by atoms with Gasteiger partial charge in [0.25, 0.3) is 0 Å². The number of hydrogen-bond acceptors (Lipinski definition) is 0. The lowest BCUT2D eigenvalue weighted by Crippen LogP contribution is -3.00. The van der Waals surface area contributed by atoms with Crippen molar-refractivity contribution in [3.63, 3.8) is 0 Å². The first-order valence-corrected chi connectivity index (χ1v) is 17.7. The van der Waals surface area contributed by atoms with Crippen LogP contribution in [0.15, 0.2) is 91.0 Å². The smallest absolute Gasteiger partial charge is 0.186 e. The molecule has 0 aromatic heterocycles. The summed E-state index contributed by atoms with van der Waals surface area (Å²) >= 11 is 0. The van der Waals surface area contributed by atoms with E-state index in [0.29, 0.717) is 17.0 Å². The minimum atomic E-state index is -1.91. The zero-order chi connectivity index (χ0) is 26.8. The molecule has 1 nitrogen and oxygen atoms in total. The lowest BCUT2D eigenvalue weighted by Gasteiger charge is -2.78. The van der Waals surface area contributed by atoms with Gasteiger partial charge in [0.15, 0.2) is 6.85 Å². The van der Waals surface area contributed by atoms with E-state index in [2.05, 4.69) is 119 Å². The summed E-state index contributed by atoms with van der Waals surface area (Å²) in [5, 5.41) is 4.77. The third-order valence-corrected chi connectivity index (χ3v) is 17.7. The molecule has 3 aromatic carbocycles. The van der Waals surface area contributed by atoms with Gasteiger partial charge in [-0.3, -0.25) is 0 Å². The summed E-state index contributed by atoms with van der Waals surface area (Å²) < 4.78 is 1.41. The molecule has 40 heavy (non-hydrogen) atoms. The largest absolute Gasteiger partial charge is 1.00 e. The summed E-state index contributed by atoms with van der Waals surface area (Å²) in [7, 11) is -1.91. The monoisotopic (exact) mass is 614 g/mol. The van der Waals surface area contributed by atoms with Crippen LogP contribution in [-0.4, -0.2) is 35.9 Å². The lowest BCUT2D eigenvalue weighted by molar-refractivity contribution is -0.880. The fraction of sp³-hybridized carbons (Fsp3) is 0.500. The molecule has 5 fully saturated rings. The minimum absolute atomic E-state index is 0. The molecule has 2 aliphatic heterocycles. The van der Waals surface area contributed by atoms with E-state index in [1.165, 1.54) is 49.6 Å². The Bertz CT molecular complexity index is 1200. The number of halogens is 1. The molecule has 211 valence electrons. The van der Waals surface area contributed by atoms with Gasteiger partial charge >= 0.3 is 0 Å². The van der Waals surface area contributed by atoms with Crippen molar-refractivity contribution >= 4 is 30.0 Å². The van der Waals surface area contributed by atoms with Crippen LogP contribution in [0.5, 0.6) is 0 Å². The second-order valence-electron chi connectivity index (χ2n) is 14.2. The van der Waals surface area contributed by atoms with Gasteiger partial charge in [0.2, 0.25) is 0 Å². The van der Waals surface area contributed by atoms with E-state index in [1.54, 1.807) is 15.9 Å². The van der Waals surface area contributed by atoms with Gasteiger partial charge in [0.05, 0.1) is 13.3 Å². The summed E-state index contributed by atoms with van der Waals surface area (Å²) in [5.41, 5.74) is 1.23. The van der Waals surface area contributed by atoms with Crippen LogP contribution >= 0.6 is 7.26 Å². The Morgan fingerprint density at radius 3 is 1.60 bits per heavy atom. The SMILES string of the molecule is C[C@@H]1[C@H]2C[C@@H](C[C@H]1[B-]1[C@@H]([P+](c3ccccc3)(c3ccccc3)c3ccccc3)[C@H](C)[N+]13CCCCC3)C2(C)C.[Br-]. The average molecular weight is 615 g/mol. The van der Waals surface area contributed by atoms with E-state index in [1.807, 2.05) is 0 Å². The summed E-state index contributed by atoms with van der Waals surface area (Å²) in [6.45, 7) is 14.1. The molecule has 4 heteroatoms. The predicted molar refractivity (Wildman–Crippen MR) is 171 cm³/mol. The number of quaternary nitrogens is 1. The fourth-order valence-corrected chi connectivity index (χ4v) is 16.4. The van der Waals surface area contributed by atoms with E-state index >= 15 is 0 Å². The Labute approximate surface area is 255 Å². The van der Waals surface area contributed by atoms with Crippen molar-refractivity contribution in [1.82, 2.24) is 0 Å². The molecule has 3 saturated carbocycles. The highest BCUT2D eigenvalue weighted by atomic mass is 79.9. The molecule has 0 N–H and O–H groups in total. The van der Waals surface area contributed by atoms with Crippen LogP contribution in [-0.2, 0) is 0 Å². The second kappa shape index (κ2) is 10.7. The molecule has 1 radical (unpaired) electrons. The Morgan fingerprint density at radius 1 is 0.700 bits per heavy atom. The summed E-state index contributed by atoms with van der Waals surface area (Å²) in [5.74, 6) is 3.49. The number of fused-ring (bicyclic) bond motifs is 2. The minimum Gasteiger partial charge on any atom is -1.00 e. The van der Waals surface area contributed by atoms with Gasteiger partial charge in [0, 0.05) is 18.6 Å². The molecule has 6 atom stereocenters. The molecule has 2 bridgehead atoms. The maximum atomic E-state index is 2.67. The van der Waals surface area contributed by atoms with Gasteiger partial charge in [-0.25, -0.2) is 0 Å². The highest BCUT2D eigenvalue weighted by molar-refractivity contribution is 7.97. The summed E-state index contributed by atoms with van der Waals surface area (Å²) in [4.78, 5) is 0. The lowest BCUT2D eigenvalue weighted by atomic mass is 9.27. The first kappa shape index (κ1) is 28.7. The Kier molecular flexibility index (Phi) is 7.68. The second-order valence-corrected chi connectivity index (χ2v) is 17.8. The number of rotatable bonds is 5. The van der Waals surface area contributed by atoms with Crippen molar-refractivity contribution in [3.8, 4) is 0 Å². The van der Waals surface area contributed by atoms with Gasteiger partial charge in [-0.2, -0.15) is 0 Å². The van der Waals surface area contributed by atoms with Crippen LogP contribution in [0.1, 0.15) is 59.8 Å². The van der Waals surface area contributed by atoms with Crippen LogP contribution in [0, 0.1) is 23.2 Å². The number of piperidine rings is 1. The molecule has 8 rings (SSSR count). The van der Waals surface area contributed by atoms with E-state index < -0.39 is 7.26 Å². The van der Waals surface area contributed by atoms with Gasteiger partial charge in [-0.05, 0) is 86.3 Å². The molecule has 0 unspecified atom stereocenters. The molecule has 2 heterocycles. The van der Waals surface area contributed by atoms with Crippen molar-refractivity contribution in [1.29, 1.82) is 0 Å². The molecule has 5 aliphatic rings. The average Bonchev–Trinajstić information content (AvgIpc) is 2.99. The molecular formula is C36H47BBrNP. The van der Waals surface area contributed by atoms with E-state index in [-0.39, 0.29) is 17.0 Å². The number of hydrogen-bond donors (Lipinski definition) is 0. The quantitative estimate of drug-likeness (QED) is 0.296. The third-order valence-electron chi connectivity index (χ3n) is 12.7. The Hall–Kier alpha value is -1.41. The van der Waals surface area contributed by atoms with Gasteiger partial charge in [0.1, 0.15) is 15.9 Å². The van der Waals surface area contributed by atoms with E-state index in [9.17, 15) is 0 Å². The third kappa shape index (κ3) is 3.93. The van der Waals surface area contributed by atoms with E-state index in [4.69, 9.17) is 0 Å². The zero-order valence-electron chi connectivity index (χ0n) is 24.9. The van der Waals surface area contributed by atoms with Crippen LogP contribution in [0.3, 0.4) is 0 Å². The van der Waals surface area contributed by atoms with Crippen LogP contribution in [0.4, 0.5) is 0 Å². The number of benzene rings is 3. The normalized spacial score (nSPS) is 32.4. The highest BCUT2D eigenvalue weighted by Gasteiger charge is 2.70. The Balaban J connectivity index is 0.00000289. The summed E-state index contributed by atoms with van der Waals surface area (Å²) in [6.07, 6.45) is 7.20. The molecule has 3 aliphatic carbocycles. The van der Waals surface area contributed by atoms with Crippen molar-refractivity contribution in [2.75, 3.05) is 13.1 Å². The summed E-state index contributed by atoms with van der Waals surface area (Å²) in [6, 6.07) is 36.1. The molecule has 3 aromatic rings.